The van der Waals surface area contributed by atoms with Crippen molar-refractivity contribution in [3.05, 3.63) is 30.3 Å². The maximum Gasteiger partial charge on any atom is 0.418 e. The number of hydrogen-bond donors (Lipinski definition) is 0. The fourth-order valence-electron chi connectivity index (χ4n) is 2.23. The molecule has 4 nitrogen and oxygen atoms in total. The van der Waals surface area contributed by atoms with Crippen molar-refractivity contribution in [2.75, 3.05) is 7.05 Å². The standard InChI is InChI=1S/C12H14F3NO3S/c1-8-10(11(12(13,14)15)19-16(8)2)20(17,18)9-6-4-3-5-7-9/h3-8,10-11H,1-2H3/t8-,10-,11-/m0/s1. The number of halogens is 3. The minimum Gasteiger partial charge on any atom is -0.285 e. The smallest absolute Gasteiger partial charge is 0.285 e. The zero-order valence-corrected chi connectivity index (χ0v) is 11.6. The second-order valence-corrected chi connectivity index (χ2v) is 6.78. The van der Waals surface area contributed by atoms with Crippen molar-refractivity contribution in [1.82, 2.24) is 5.06 Å². The molecule has 1 aliphatic rings. The number of hydroxylamine groups is 2. The van der Waals surface area contributed by atoms with E-state index in [1.165, 1.54) is 38.2 Å². The van der Waals surface area contributed by atoms with Crippen LogP contribution in [0.25, 0.3) is 0 Å². The summed E-state index contributed by atoms with van der Waals surface area (Å²) in [5, 5.41) is -0.738. The summed E-state index contributed by atoms with van der Waals surface area (Å²) < 4.78 is 63.8. The largest absolute Gasteiger partial charge is 0.418 e. The number of hydrogen-bond acceptors (Lipinski definition) is 4. The molecule has 1 aliphatic heterocycles. The van der Waals surface area contributed by atoms with Gasteiger partial charge in [-0.25, -0.2) is 8.42 Å². The van der Waals surface area contributed by atoms with Gasteiger partial charge >= 0.3 is 6.18 Å². The van der Waals surface area contributed by atoms with Crippen molar-refractivity contribution >= 4 is 9.84 Å². The Morgan fingerprint density at radius 2 is 1.75 bits per heavy atom. The minimum absolute atomic E-state index is 0.134. The first-order chi connectivity index (χ1) is 9.15. The first kappa shape index (κ1) is 15.3. The van der Waals surface area contributed by atoms with Crippen LogP contribution in [0.2, 0.25) is 0 Å². The van der Waals surface area contributed by atoms with Crippen LogP contribution < -0.4 is 0 Å². The fraction of sp³-hybridized carbons (Fsp3) is 0.500. The molecule has 2 rings (SSSR count). The van der Waals surface area contributed by atoms with Crippen LogP contribution in [0.15, 0.2) is 35.2 Å². The van der Waals surface area contributed by atoms with E-state index in [0.29, 0.717) is 0 Å². The zero-order valence-electron chi connectivity index (χ0n) is 10.8. The van der Waals surface area contributed by atoms with Gasteiger partial charge in [-0.2, -0.15) is 18.2 Å². The molecule has 0 radical (unpaired) electrons. The SMILES string of the molecule is C[C@H]1[C@H](S(=O)(=O)c2ccccc2)[C@@H](C(F)(F)F)ON1C. The van der Waals surface area contributed by atoms with E-state index >= 15 is 0 Å². The Morgan fingerprint density at radius 3 is 2.25 bits per heavy atom. The Bertz CT molecular complexity index is 573. The summed E-state index contributed by atoms with van der Waals surface area (Å²) >= 11 is 0. The molecular formula is C12H14F3NO3S. The summed E-state index contributed by atoms with van der Waals surface area (Å²) in [6.45, 7) is 1.40. The molecule has 0 N–H and O–H groups in total. The number of rotatable bonds is 2. The third-order valence-corrected chi connectivity index (χ3v) is 5.67. The van der Waals surface area contributed by atoms with Gasteiger partial charge in [0, 0.05) is 7.05 Å². The van der Waals surface area contributed by atoms with E-state index in [2.05, 4.69) is 4.84 Å². The zero-order chi connectivity index (χ0) is 15.1. The van der Waals surface area contributed by atoms with Crippen LogP contribution in [0.1, 0.15) is 6.92 Å². The summed E-state index contributed by atoms with van der Waals surface area (Å²) in [6.07, 6.45) is -7.10. The molecule has 0 amide bonds. The Balaban J connectivity index is 2.48. The minimum atomic E-state index is -4.74. The molecule has 0 aromatic heterocycles. The van der Waals surface area contributed by atoms with Crippen LogP contribution in [0.4, 0.5) is 13.2 Å². The molecule has 20 heavy (non-hydrogen) atoms. The number of nitrogens with zero attached hydrogens (tertiary/aromatic N) is 1. The van der Waals surface area contributed by atoms with Crippen LogP contribution in [0.5, 0.6) is 0 Å². The lowest BCUT2D eigenvalue weighted by Crippen LogP contribution is -2.45. The average molecular weight is 309 g/mol. The molecule has 112 valence electrons. The van der Waals surface area contributed by atoms with Gasteiger partial charge in [-0.05, 0) is 19.1 Å². The Morgan fingerprint density at radius 1 is 1.20 bits per heavy atom. The van der Waals surface area contributed by atoms with Crippen molar-refractivity contribution in [1.29, 1.82) is 0 Å². The van der Waals surface area contributed by atoms with E-state index in [-0.39, 0.29) is 4.90 Å². The van der Waals surface area contributed by atoms with Gasteiger partial charge in [0.2, 0.25) is 0 Å². The molecule has 1 aromatic carbocycles. The van der Waals surface area contributed by atoms with E-state index in [1.807, 2.05) is 0 Å². The van der Waals surface area contributed by atoms with Gasteiger partial charge in [0.05, 0.1) is 10.9 Å². The lowest BCUT2D eigenvalue weighted by Gasteiger charge is -2.21. The Kier molecular flexibility index (Phi) is 3.83. The number of sulfone groups is 1. The Hall–Kier alpha value is -1.12. The van der Waals surface area contributed by atoms with E-state index < -0.39 is 33.4 Å². The highest BCUT2D eigenvalue weighted by Gasteiger charge is 2.59. The van der Waals surface area contributed by atoms with Gasteiger partial charge in [0.25, 0.3) is 0 Å². The molecule has 1 saturated heterocycles. The quantitative estimate of drug-likeness (QED) is 0.838. The van der Waals surface area contributed by atoms with Crippen LogP contribution in [-0.2, 0) is 14.7 Å². The summed E-state index contributed by atoms with van der Waals surface area (Å²) in [5.74, 6) is 0. The molecule has 1 aromatic rings. The van der Waals surface area contributed by atoms with Crippen molar-refractivity contribution in [3.8, 4) is 0 Å². The van der Waals surface area contributed by atoms with E-state index in [9.17, 15) is 21.6 Å². The lowest BCUT2D eigenvalue weighted by atomic mass is 10.1. The average Bonchev–Trinajstić information content (AvgIpc) is 2.67. The van der Waals surface area contributed by atoms with Gasteiger partial charge in [0.1, 0.15) is 5.25 Å². The molecule has 1 heterocycles. The molecule has 0 spiro atoms. The molecule has 0 aliphatic carbocycles. The van der Waals surface area contributed by atoms with Crippen molar-refractivity contribution in [2.24, 2.45) is 0 Å². The second-order valence-electron chi connectivity index (χ2n) is 4.68. The van der Waals surface area contributed by atoms with Crippen LogP contribution in [0.3, 0.4) is 0 Å². The summed E-state index contributed by atoms with van der Waals surface area (Å²) in [4.78, 5) is 4.55. The molecule has 1 fully saturated rings. The van der Waals surface area contributed by atoms with E-state index in [4.69, 9.17) is 0 Å². The van der Waals surface area contributed by atoms with Crippen molar-refractivity contribution in [3.63, 3.8) is 0 Å². The fourth-order valence-corrected chi connectivity index (χ4v) is 4.30. The molecular weight excluding hydrogens is 295 g/mol. The third kappa shape index (κ3) is 2.55. The highest BCUT2D eigenvalue weighted by atomic mass is 32.2. The van der Waals surface area contributed by atoms with E-state index in [1.54, 1.807) is 6.07 Å². The summed E-state index contributed by atoms with van der Waals surface area (Å²) in [6, 6.07) is 6.22. The molecule has 3 atom stereocenters. The molecule has 8 heteroatoms. The predicted octanol–water partition coefficient (Wildman–Crippen LogP) is 2.03. The van der Waals surface area contributed by atoms with Crippen LogP contribution in [0, 0.1) is 0 Å². The van der Waals surface area contributed by atoms with Crippen molar-refractivity contribution < 1.29 is 26.4 Å². The lowest BCUT2D eigenvalue weighted by molar-refractivity contribution is -0.260. The Labute approximate surface area is 115 Å². The molecule has 0 bridgehead atoms. The molecule has 0 unspecified atom stereocenters. The topological polar surface area (TPSA) is 46.6 Å². The van der Waals surface area contributed by atoms with Gasteiger partial charge in [-0.15, -0.1) is 0 Å². The first-order valence-corrected chi connectivity index (χ1v) is 7.45. The van der Waals surface area contributed by atoms with Gasteiger partial charge in [-0.1, -0.05) is 18.2 Å². The van der Waals surface area contributed by atoms with Crippen LogP contribution in [-0.4, -0.2) is 44.1 Å². The van der Waals surface area contributed by atoms with Crippen molar-refractivity contribution in [2.45, 2.75) is 35.4 Å². The van der Waals surface area contributed by atoms with Crippen LogP contribution >= 0.6 is 0 Å². The third-order valence-electron chi connectivity index (χ3n) is 3.38. The maximum absolute atomic E-state index is 13.0. The molecule has 0 saturated carbocycles. The first-order valence-electron chi connectivity index (χ1n) is 5.91. The van der Waals surface area contributed by atoms with Gasteiger partial charge < -0.3 is 0 Å². The highest BCUT2D eigenvalue weighted by molar-refractivity contribution is 7.92. The number of alkyl halides is 3. The maximum atomic E-state index is 13.0. The predicted molar refractivity (Wildman–Crippen MR) is 65.6 cm³/mol. The van der Waals surface area contributed by atoms with E-state index in [0.717, 1.165) is 5.06 Å². The summed E-state index contributed by atoms with van der Waals surface area (Å²) in [7, 11) is -2.84. The highest BCUT2D eigenvalue weighted by Crippen LogP contribution is 2.38. The van der Waals surface area contributed by atoms with Gasteiger partial charge in [0.15, 0.2) is 15.9 Å². The van der Waals surface area contributed by atoms with Gasteiger partial charge in [-0.3, -0.25) is 4.84 Å². The number of benzene rings is 1. The summed E-state index contributed by atoms with van der Waals surface area (Å²) in [5.41, 5.74) is 0. The second kappa shape index (κ2) is 5.01. The monoisotopic (exact) mass is 309 g/mol. The normalized spacial score (nSPS) is 28.8.